The molecule has 4 rings (SSSR count). The van der Waals surface area contributed by atoms with Gasteiger partial charge < -0.3 is 4.90 Å². The van der Waals surface area contributed by atoms with Crippen LogP contribution in [0.5, 0.6) is 0 Å². The van der Waals surface area contributed by atoms with Crippen LogP contribution in [0, 0.1) is 12.7 Å². The standard InChI is InChI=1S/C21H27FN4/c1-16-23-11-9-18(24-16)13-25-12-4-10-21(25)14-20(2,3)26(15-21)19-7-5-17(22)6-8-19/h5-9,11H,4,10,12-15H2,1-3H3. The predicted octanol–water partition coefficient (Wildman–Crippen LogP) is 3.95. The van der Waals surface area contributed by atoms with Gasteiger partial charge in [-0.15, -0.1) is 0 Å². The molecule has 1 unspecified atom stereocenters. The minimum atomic E-state index is -0.179. The fraction of sp³-hybridized carbons (Fsp3) is 0.524. The van der Waals surface area contributed by atoms with Gasteiger partial charge in [0.15, 0.2) is 0 Å². The maximum Gasteiger partial charge on any atom is 0.125 e. The highest BCUT2D eigenvalue weighted by molar-refractivity contribution is 5.51. The Morgan fingerprint density at radius 2 is 1.92 bits per heavy atom. The van der Waals surface area contributed by atoms with Crippen molar-refractivity contribution in [3.63, 3.8) is 0 Å². The number of aryl methyl sites for hydroxylation is 1. The molecule has 0 bridgehead atoms. The SMILES string of the molecule is Cc1nccc(CN2CCCC23CN(c2ccc(F)cc2)C(C)(C)C3)n1. The van der Waals surface area contributed by atoms with Crippen molar-refractivity contribution >= 4 is 5.69 Å². The molecular formula is C21H27FN4. The minimum absolute atomic E-state index is 0.0437. The molecule has 2 aliphatic heterocycles. The highest BCUT2D eigenvalue weighted by Gasteiger charge is 2.53. The molecule has 3 heterocycles. The second-order valence-corrected chi connectivity index (χ2v) is 8.40. The van der Waals surface area contributed by atoms with Crippen molar-refractivity contribution in [1.82, 2.24) is 14.9 Å². The third-order valence-corrected chi connectivity index (χ3v) is 6.01. The molecule has 1 spiro atoms. The van der Waals surface area contributed by atoms with Gasteiger partial charge in [-0.3, -0.25) is 4.90 Å². The van der Waals surface area contributed by atoms with Gasteiger partial charge in [0.05, 0.1) is 5.69 Å². The Balaban J connectivity index is 1.60. The highest BCUT2D eigenvalue weighted by atomic mass is 19.1. The summed E-state index contributed by atoms with van der Waals surface area (Å²) in [7, 11) is 0. The van der Waals surface area contributed by atoms with Crippen LogP contribution in [0.3, 0.4) is 0 Å². The third-order valence-electron chi connectivity index (χ3n) is 6.01. The van der Waals surface area contributed by atoms with E-state index in [4.69, 9.17) is 0 Å². The van der Waals surface area contributed by atoms with Crippen LogP contribution >= 0.6 is 0 Å². The number of benzene rings is 1. The van der Waals surface area contributed by atoms with Crippen LogP contribution < -0.4 is 4.90 Å². The molecular weight excluding hydrogens is 327 g/mol. The van der Waals surface area contributed by atoms with Crippen LogP contribution in [0.1, 0.15) is 44.6 Å². The Labute approximate surface area is 155 Å². The van der Waals surface area contributed by atoms with Crippen LogP contribution in [0.25, 0.3) is 0 Å². The average Bonchev–Trinajstić information content (AvgIpc) is 3.08. The summed E-state index contributed by atoms with van der Waals surface area (Å²) in [5.74, 6) is 0.650. The summed E-state index contributed by atoms with van der Waals surface area (Å²) in [5.41, 5.74) is 2.41. The molecule has 2 aromatic rings. The number of aromatic nitrogens is 2. The van der Waals surface area contributed by atoms with Crippen molar-refractivity contribution < 1.29 is 4.39 Å². The lowest BCUT2D eigenvalue weighted by Crippen LogP contribution is -2.45. The van der Waals surface area contributed by atoms with E-state index in [1.54, 1.807) is 12.1 Å². The van der Waals surface area contributed by atoms with Gasteiger partial charge in [0.2, 0.25) is 0 Å². The minimum Gasteiger partial charge on any atom is -0.364 e. The number of halogens is 1. The largest absolute Gasteiger partial charge is 0.364 e. The Bertz CT molecular complexity index is 789. The molecule has 26 heavy (non-hydrogen) atoms. The van der Waals surface area contributed by atoms with E-state index in [-0.39, 0.29) is 16.9 Å². The van der Waals surface area contributed by atoms with Crippen LogP contribution in [-0.4, -0.2) is 39.0 Å². The van der Waals surface area contributed by atoms with E-state index in [1.165, 1.54) is 12.8 Å². The van der Waals surface area contributed by atoms with E-state index in [9.17, 15) is 4.39 Å². The highest BCUT2D eigenvalue weighted by Crippen LogP contribution is 2.47. The zero-order chi connectivity index (χ0) is 18.4. The molecule has 1 aromatic heterocycles. The van der Waals surface area contributed by atoms with Crippen molar-refractivity contribution in [2.45, 2.75) is 57.7 Å². The Morgan fingerprint density at radius 1 is 1.15 bits per heavy atom. The average molecular weight is 354 g/mol. The van der Waals surface area contributed by atoms with Crippen molar-refractivity contribution in [2.24, 2.45) is 0 Å². The number of anilines is 1. The first-order valence-electron chi connectivity index (χ1n) is 9.45. The van der Waals surface area contributed by atoms with Crippen molar-refractivity contribution in [2.75, 3.05) is 18.0 Å². The normalized spacial score (nSPS) is 25.3. The van der Waals surface area contributed by atoms with Crippen LogP contribution in [0.15, 0.2) is 36.5 Å². The quantitative estimate of drug-likeness (QED) is 0.835. The van der Waals surface area contributed by atoms with Crippen LogP contribution in [-0.2, 0) is 6.54 Å². The van der Waals surface area contributed by atoms with Gasteiger partial charge >= 0.3 is 0 Å². The fourth-order valence-corrected chi connectivity index (χ4v) is 4.94. The maximum atomic E-state index is 13.4. The molecule has 0 N–H and O–H groups in total. The molecule has 0 radical (unpaired) electrons. The second-order valence-electron chi connectivity index (χ2n) is 8.40. The summed E-state index contributed by atoms with van der Waals surface area (Å²) in [6.45, 7) is 9.51. The van der Waals surface area contributed by atoms with E-state index in [1.807, 2.05) is 31.3 Å². The molecule has 1 aromatic carbocycles. The summed E-state index contributed by atoms with van der Waals surface area (Å²) in [5, 5.41) is 0. The maximum absolute atomic E-state index is 13.4. The number of hydrogen-bond donors (Lipinski definition) is 0. The molecule has 2 fully saturated rings. The zero-order valence-electron chi connectivity index (χ0n) is 15.9. The summed E-state index contributed by atoms with van der Waals surface area (Å²) in [4.78, 5) is 13.9. The fourth-order valence-electron chi connectivity index (χ4n) is 4.94. The van der Waals surface area contributed by atoms with Gasteiger partial charge in [0.1, 0.15) is 11.6 Å². The van der Waals surface area contributed by atoms with Gasteiger partial charge in [-0.1, -0.05) is 0 Å². The van der Waals surface area contributed by atoms with E-state index < -0.39 is 0 Å². The number of hydrogen-bond acceptors (Lipinski definition) is 4. The zero-order valence-corrected chi connectivity index (χ0v) is 15.9. The first kappa shape index (κ1) is 17.4. The number of rotatable bonds is 3. The van der Waals surface area contributed by atoms with E-state index in [2.05, 4.69) is 33.6 Å². The molecule has 138 valence electrons. The number of nitrogens with zero attached hydrogens (tertiary/aromatic N) is 4. The van der Waals surface area contributed by atoms with Gasteiger partial charge in [-0.2, -0.15) is 0 Å². The molecule has 1 atom stereocenters. The summed E-state index contributed by atoms with van der Waals surface area (Å²) in [6, 6.07) is 8.96. The molecule has 0 saturated carbocycles. The van der Waals surface area contributed by atoms with Crippen molar-refractivity contribution in [1.29, 1.82) is 0 Å². The van der Waals surface area contributed by atoms with Crippen LogP contribution in [0.4, 0.5) is 10.1 Å². The monoisotopic (exact) mass is 354 g/mol. The van der Waals surface area contributed by atoms with Crippen molar-refractivity contribution in [3.05, 3.63) is 53.9 Å². The molecule has 0 aliphatic carbocycles. The van der Waals surface area contributed by atoms with Gasteiger partial charge in [-0.05, 0) is 76.9 Å². The second kappa shape index (κ2) is 6.31. The van der Waals surface area contributed by atoms with E-state index in [0.29, 0.717) is 0 Å². The Kier molecular flexibility index (Phi) is 4.22. The molecule has 5 heteroatoms. The molecule has 0 amide bonds. The molecule has 2 aliphatic rings. The summed E-state index contributed by atoms with van der Waals surface area (Å²) >= 11 is 0. The lowest BCUT2D eigenvalue weighted by molar-refractivity contribution is 0.139. The van der Waals surface area contributed by atoms with Gasteiger partial charge in [-0.25, -0.2) is 14.4 Å². The predicted molar refractivity (Wildman–Crippen MR) is 102 cm³/mol. The molecule has 4 nitrogen and oxygen atoms in total. The van der Waals surface area contributed by atoms with E-state index in [0.717, 1.165) is 43.3 Å². The summed E-state index contributed by atoms with van der Waals surface area (Å²) < 4.78 is 13.4. The lowest BCUT2D eigenvalue weighted by atomic mass is 9.87. The first-order valence-corrected chi connectivity index (χ1v) is 9.45. The van der Waals surface area contributed by atoms with Gasteiger partial charge in [0, 0.05) is 36.1 Å². The third kappa shape index (κ3) is 3.09. The van der Waals surface area contributed by atoms with E-state index >= 15 is 0 Å². The number of likely N-dealkylation sites (tertiary alicyclic amines) is 1. The topological polar surface area (TPSA) is 32.3 Å². The summed E-state index contributed by atoms with van der Waals surface area (Å²) in [6.07, 6.45) is 5.39. The first-order chi connectivity index (χ1) is 12.4. The smallest absolute Gasteiger partial charge is 0.125 e. The van der Waals surface area contributed by atoms with Crippen LogP contribution in [0.2, 0.25) is 0 Å². The lowest BCUT2D eigenvalue weighted by Gasteiger charge is -2.35. The Morgan fingerprint density at radius 3 is 2.65 bits per heavy atom. The van der Waals surface area contributed by atoms with Crippen molar-refractivity contribution in [3.8, 4) is 0 Å². The van der Waals surface area contributed by atoms with Gasteiger partial charge in [0.25, 0.3) is 0 Å². The Hall–Kier alpha value is -2.01. The molecule has 2 saturated heterocycles.